The Hall–Kier alpha value is -2.88. The van der Waals surface area contributed by atoms with E-state index in [4.69, 9.17) is 4.74 Å². The first-order valence-corrected chi connectivity index (χ1v) is 11.1. The van der Waals surface area contributed by atoms with E-state index in [9.17, 15) is 5.11 Å². The summed E-state index contributed by atoms with van der Waals surface area (Å²) in [5, 5.41) is 13.3. The van der Waals surface area contributed by atoms with Gasteiger partial charge >= 0.3 is 0 Å². The van der Waals surface area contributed by atoms with E-state index in [0.29, 0.717) is 12.6 Å². The van der Waals surface area contributed by atoms with Crippen LogP contribution in [0.15, 0.2) is 84.9 Å². The fourth-order valence-electron chi connectivity index (χ4n) is 3.63. The smallest absolute Gasteiger partial charge is 0.119 e. The topological polar surface area (TPSA) is 41.5 Å². The number of aliphatic hydroxyl groups excluding tert-OH is 1. The van der Waals surface area contributed by atoms with Gasteiger partial charge in [0.05, 0.1) is 0 Å². The Labute approximate surface area is 186 Å². The molecule has 162 valence electrons. The zero-order valence-corrected chi connectivity index (χ0v) is 18.7. The van der Waals surface area contributed by atoms with Crippen molar-refractivity contribution in [1.29, 1.82) is 0 Å². The highest BCUT2D eigenvalue weighted by Gasteiger charge is 2.13. The Morgan fingerprint density at radius 3 is 1.90 bits per heavy atom. The summed E-state index contributed by atoms with van der Waals surface area (Å²) in [6, 6.07) is 29.6. The van der Waals surface area contributed by atoms with Crippen molar-refractivity contribution in [2.24, 2.45) is 0 Å². The van der Waals surface area contributed by atoms with Gasteiger partial charge in [-0.25, -0.2) is 0 Å². The number of hydrogen-bond acceptors (Lipinski definition) is 3. The van der Waals surface area contributed by atoms with Gasteiger partial charge < -0.3 is 15.2 Å². The highest BCUT2D eigenvalue weighted by molar-refractivity contribution is 5.98. The van der Waals surface area contributed by atoms with Crippen molar-refractivity contribution < 1.29 is 9.84 Å². The van der Waals surface area contributed by atoms with E-state index in [2.05, 4.69) is 92.8 Å². The largest absolute Gasteiger partial charge is 0.491 e. The fraction of sp³-hybridized carbons (Fsp3) is 0.286. The summed E-state index contributed by atoms with van der Waals surface area (Å²) in [6.07, 6.45) is 0.397. The molecule has 0 amide bonds. The molecule has 0 fully saturated rings. The molecular formula is C28H33NO2. The number of rotatable bonds is 10. The molecule has 3 aromatic rings. The summed E-state index contributed by atoms with van der Waals surface area (Å²) in [4.78, 5) is 0. The lowest BCUT2D eigenvalue weighted by atomic mass is 9.88. The van der Waals surface area contributed by atoms with E-state index in [1.165, 1.54) is 22.3 Å². The number of nitrogens with one attached hydrogen (secondary N) is 1. The quantitative estimate of drug-likeness (QED) is 0.412. The van der Waals surface area contributed by atoms with Gasteiger partial charge in [0, 0.05) is 12.6 Å². The van der Waals surface area contributed by atoms with Gasteiger partial charge in [-0.3, -0.25) is 0 Å². The fourth-order valence-corrected chi connectivity index (χ4v) is 3.63. The third-order valence-electron chi connectivity index (χ3n) is 5.19. The molecule has 0 aromatic heterocycles. The summed E-state index contributed by atoms with van der Waals surface area (Å²) in [7, 11) is 0. The van der Waals surface area contributed by atoms with E-state index in [-0.39, 0.29) is 6.61 Å². The minimum absolute atomic E-state index is 0.269. The van der Waals surface area contributed by atoms with Crippen LogP contribution in [0.2, 0.25) is 0 Å². The molecule has 0 aliphatic carbocycles. The van der Waals surface area contributed by atoms with E-state index in [1.807, 2.05) is 18.2 Å². The first-order chi connectivity index (χ1) is 15.1. The molecule has 3 nitrogen and oxygen atoms in total. The highest BCUT2D eigenvalue weighted by Crippen LogP contribution is 2.34. The van der Waals surface area contributed by atoms with E-state index in [1.54, 1.807) is 0 Å². The van der Waals surface area contributed by atoms with Gasteiger partial charge in [0.25, 0.3) is 0 Å². The van der Waals surface area contributed by atoms with Gasteiger partial charge in [0.2, 0.25) is 0 Å². The summed E-state index contributed by atoms with van der Waals surface area (Å²) < 4.78 is 5.81. The van der Waals surface area contributed by atoms with Crippen molar-refractivity contribution in [3.63, 3.8) is 0 Å². The molecule has 1 atom stereocenters. The molecule has 3 heteroatoms. The molecule has 2 N–H and O–H groups in total. The number of hydrogen-bond donors (Lipinski definition) is 2. The Balaban J connectivity index is 1.86. The van der Waals surface area contributed by atoms with Crippen LogP contribution in [0.1, 0.15) is 43.9 Å². The molecule has 0 aliphatic heterocycles. The zero-order chi connectivity index (χ0) is 22.1. The average molecular weight is 416 g/mol. The van der Waals surface area contributed by atoms with Gasteiger partial charge in [0.15, 0.2) is 0 Å². The van der Waals surface area contributed by atoms with Crippen LogP contribution < -0.4 is 10.1 Å². The molecule has 31 heavy (non-hydrogen) atoms. The summed E-state index contributed by atoms with van der Waals surface area (Å²) in [6.45, 7) is 7.11. The van der Waals surface area contributed by atoms with Crippen molar-refractivity contribution in [1.82, 2.24) is 5.32 Å². The standard InChI is InChI=1S/C28H33NO2/c1-4-27(22-11-7-5-8-12-22)28(23-13-9-6-10-14-23)24-15-17-26(18-16-24)31-20-25(30)19-29-21(2)3/h5-18,21,25,29-30H,4,19-20H2,1-3H3. The van der Waals surface area contributed by atoms with Crippen molar-refractivity contribution in [3.8, 4) is 5.75 Å². The third-order valence-corrected chi connectivity index (χ3v) is 5.19. The monoisotopic (exact) mass is 415 g/mol. The third kappa shape index (κ3) is 6.55. The van der Waals surface area contributed by atoms with Crippen molar-refractivity contribution in [3.05, 3.63) is 102 Å². The number of allylic oxidation sites excluding steroid dienone is 1. The molecule has 1 unspecified atom stereocenters. The Bertz CT molecular complexity index is 947. The van der Waals surface area contributed by atoms with Crippen LogP contribution in [0.3, 0.4) is 0 Å². The van der Waals surface area contributed by atoms with Gasteiger partial charge in [-0.2, -0.15) is 0 Å². The zero-order valence-electron chi connectivity index (χ0n) is 18.7. The highest BCUT2D eigenvalue weighted by atomic mass is 16.5. The lowest BCUT2D eigenvalue weighted by Gasteiger charge is -2.17. The SMILES string of the molecule is CCC(=C(c1ccccc1)c1ccc(OCC(O)CNC(C)C)cc1)c1ccccc1. The molecule has 0 radical (unpaired) electrons. The predicted molar refractivity (Wildman–Crippen MR) is 130 cm³/mol. The second-order valence-electron chi connectivity index (χ2n) is 7.99. The van der Waals surface area contributed by atoms with Crippen LogP contribution in [-0.4, -0.2) is 30.4 Å². The Morgan fingerprint density at radius 1 is 0.806 bits per heavy atom. The maximum atomic E-state index is 10.1. The summed E-state index contributed by atoms with van der Waals surface area (Å²) in [5.41, 5.74) is 6.15. The molecule has 0 spiro atoms. The van der Waals surface area contributed by atoms with Crippen LogP contribution in [0, 0.1) is 0 Å². The van der Waals surface area contributed by atoms with Crippen LogP contribution in [0.25, 0.3) is 11.1 Å². The first kappa shape index (κ1) is 22.8. The first-order valence-electron chi connectivity index (χ1n) is 11.1. The van der Waals surface area contributed by atoms with Crippen LogP contribution >= 0.6 is 0 Å². The van der Waals surface area contributed by atoms with E-state index >= 15 is 0 Å². The number of benzene rings is 3. The second-order valence-corrected chi connectivity index (χ2v) is 7.99. The minimum Gasteiger partial charge on any atom is -0.491 e. The van der Waals surface area contributed by atoms with Crippen molar-refractivity contribution >= 4 is 11.1 Å². The maximum absolute atomic E-state index is 10.1. The average Bonchev–Trinajstić information content (AvgIpc) is 2.81. The van der Waals surface area contributed by atoms with Gasteiger partial charge in [-0.1, -0.05) is 93.6 Å². The molecule has 0 bridgehead atoms. The van der Waals surface area contributed by atoms with Gasteiger partial charge in [-0.05, 0) is 46.4 Å². The normalized spacial score (nSPS) is 13.1. The second kappa shape index (κ2) is 11.5. The van der Waals surface area contributed by atoms with E-state index < -0.39 is 6.10 Å². The van der Waals surface area contributed by atoms with Gasteiger partial charge in [-0.15, -0.1) is 0 Å². The van der Waals surface area contributed by atoms with Gasteiger partial charge in [0.1, 0.15) is 18.5 Å². The van der Waals surface area contributed by atoms with E-state index in [0.717, 1.165) is 17.7 Å². The van der Waals surface area contributed by atoms with Crippen LogP contribution in [0.5, 0.6) is 5.75 Å². The Kier molecular flexibility index (Phi) is 8.45. The summed E-state index contributed by atoms with van der Waals surface area (Å²) >= 11 is 0. The van der Waals surface area contributed by atoms with Crippen molar-refractivity contribution in [2.45, 2.75) is 39.3 Å². The molecule has 3 aromatic carbocycles. The lowest BCUT2D eigenvalue weighted by molar-refractivity contribution is 0.104. The van der Waals surface area contributed by atoms with Crippen LogP contribution in [0.4, 0.5) is 0 Å². The Morgan fingerprint density at radius 2 is 1.35 bits per heavy atom. The molecule has 3 rings (SSSR count). The number of ether oxygens (including phenoxy) is 1. The number of aliphatic hydroxyl groups is 1. The molecule has 0 saturated heterocycles. The molecular weight excluding hydrogens is 382 g/mol. The molecule has 0 aliphatic rings. The lowest BCUT2D eigenvalue weighted by Crippen LogP contribution is -2.35. The summed E-state index contributed by atoms with van der Waals surface area (Å²) in [5.74, 6) is 0.762. The van der Waals surface area contributed by atoms with Crippen LogP contribution in [-0.2, 0) is 0 Å². The maximum Gasteiger partial charge on any atom is 0.119 e. The predicted octanol–water partition coefficient (Wildman–Crippen LogP) is 5.79. The van der Waals surface area contributed by atoms with Crippen molar-refractivity contribution in [2.75, 3.05) is 13.2 Å². The molecule has 0 heterocycles. The minimum atomic E-state index is -0.536. The molecule has 0 saturated carbocycles.